The predicted octanol–water partition coefficient (Wildman–Crippen LogP) is 3.31. The highest BCUT2D eigenvalue weighted by Crippen LogP contribution is 2.20. The summed E-state index contributed by atoms with van der Waals surface area (Å²) in [4.78, 5) is 26.2. The van der Waals surface area contributed by atoms with Crippen LogP contribution in [0.15, 0.2) is 78.9 Å². The van der Waals surface area contributed by atoms with Crippen LogP contribution >= 0.6 is 12.4 Å². The number of hydrogen-bond donors (Lipinski definition) is 3. The van der Waals surface area contributed by atoms with E-state index in [1.54, 1.807) is 7.11 Å². The molecule has 2 amide bonds. The average Bonchev–Trinajstić information content (AvgIpc) is 2.86. The number of ether oxygens (including phenoxy) is 1. The first-order valence-electron chi connectivity index (χ1n) is 10.7. The Hall–Kier alpha value is -3.35. The van der Waals surface area contributed by atoms with Crippen molar-refractivity contribution in [2.45, 2.75) is 31.6 Å². The lowest BCUT2D eigenvalue weighted by molar-refractivity contribution is -0.130. The van der Waals surface area contributed by atoms with Crippen LogP contribution < -0.4 is 20.7 Å². The number of methoxy groups -OCH3 is 1. The Morgan fingerprint density at radius 3 is 2.39 bits per heavy atom. The Morgan fingerprint density at radius 2 is 1.64 bits per heavy atom. The minimum atomic E-state index is -0.794. The van der Waals surface area contributed by atoms with Crippen LogP contribution in [0, 0.1) is 0 Å². The van der Waals surface area contributed by atoms with Crippen molar-refractivity contribution in [2.75, 3.05) is 7.11 Å². The van der Waals surface area contributed by atoms with Gasteiger partial charge in [0.1, 0.15) is 11.8 Å². The van der Waals surface area contributed by atoms with Crippen LogP contribution in [0.4, 0.5) is 0 Å². The van der Waals surface area contributed by atoms with Crippen molar-refractivity contribution in [3.8, 4) is 5.75 Å². The fourth-order valence-electron chi connectivity index (χ4n) is 3.96. The summed E-state index contributed by atoms with van der Waals surface area (Å²) in [5.74, 6) is 0.241. The molecule has 3 N–H and O–H groups in total. The molecule has 3 aromatic rings. The van der Waals surface area contributed by atoms with Crippen LogP contribution in [-0.2, 0) is 29.1 Å². The van der Waals surface area contributed by atoms with Crippen molar-refractivity contribution in [2.24, 2.45) is 0 Å². The first-order chi connectivity index (χ1) is 15.7. The van der Waals surface area contributed by atoms with E-state index in [0.29, 0.717) is 25.3 Å². The summed E-state index contributed by atoms with van der Waals surface area (Å²) in [5.41, 5.74) is 3.95. The molecule has 2 atom stereocenters. The van der Waals surface area contributed by atoms with Crippen molar-refractivity contribution in [1.29, 1.82) is 0 Å². The summed E-state index contributed by atoms with van der Waals surface area (Å²) in [6.07, 6.45) is 0.590. The van der Waals surface area contributed by atoms with Crippen molar-refractivity contribution in [3.05, 3.63) is 101 Å². The molecular formula is C26H28ClN3O3. The van der Waals surface area contributed by atoms with Gasteiger partial charge in [0.15, 0.2) is 0 Å². The Labute approximate surface area is 200 Å². The summed E-state index contributed by atoms with van der Waals surface area (Å²) in [6, 6.07) is 23.7. The smallest absolute Gasteiger partial charge is 0.247 e. The van der Waals surface area contributed by atoms with Crippen molar-refractivity contribution in [1.82, 2.24) is 16.0 Å². The first kappa shape index (κ1) is 24.3. The van der Waals surface area contributed by atoms with Gasteiger partial charge in [-0.3, -0.25) is 9.59 Å². The second-order valence-corrected chi connectivity index (χ2v) is 7.79. The molecule has 33 heavy (non-hydrogen) atoms. The lowest BCUT2D eigenvalue weighted by atomic mass is 9.95. The third-order valence-electron chi connectivity index (χ3n) is 5.73. The van der Waals surface area contributed by atoms with Gasteiger partial charge in [0.25, 0.3) is 0 Å². The molecule has 0 aromatic heterocycles. The van der Waals surface area contributed by atoms with Crippen LogP contribution in [0.1, 0.15) is 28.3 Å². The highest BCUT2D eigenvalue weighted by Gasteiger charge is 2.29. The van der Waals surface area contributed by atoms with E-state index in [9.17, 15) is 9.59 Å². The fraction of sp³-hybridized carbons (Fsp3) is 0.231. The normalized spacial score (nSPS) is 15.4. The zero-order chi connectivity index (χ0) is 22.3. The Kier molecular flexibility index (Phi) is 8.46. The molecule has 1 aliphatic rings. The summed E-state index contributed by atoms with van der Waals surface area (Å²) in [5, 5.41) is 9.18. The summed E-state index contributed by atoms with van der Waals surface area (Å²) < 4.78 is 5.37. The molecular weight excluding hydrogens is 438 g/mol. The summed E-state index contributed by atoms with van der Waals surface area (Å²) >= 11 is 0. The van der Waals surface area contributed by atoms with E-state index in [1.807, 2.05) is 72.8 Å². The van der Waals surface area contributed by atoms with Gasteiger partial charge < -0.3 is 20.7 Å². The molecule has 0 bridgehead atoms. The first-order valence-corrected chi connectivity index (χ1v) is 10.7. The maximum Gasteiger partial charge on any atom is 0.247 e. The fourth-order valence-corrected chi connectivity index (χ4v) is 3.96. The summed E-state index contributed by atoms with van der Waals surface area (Å²) in [7, 11) is 1.60. The highest BCUT2D eigenvalue weighted by atomic mass is 35.5. The molecule has 1 aliphatic heterocycles. The van der Waals surface area contributed by atoms with Gasteiger partial charge in [-0.05, 0) is 29.2 Å². The maximum atomic E-state index is 13.1. The number of carbonyl (C=O) groups is 2. The molecule has 0 fully saturated rings. The van der Waals surface area contributed by atoms with Gasteiger partial charge >= 0.3 is 0 Å². The van der Waals surface area contributed by atoms with Gasteiger partial charge in [0.05, 0.1) is 13.2 Å². The lowest BCUT2D eigenvalue weighted by Gasteiger charge is -2.27. The lowest BCUT2D eigenvalue weighted by Crippen LogP contribution is -2.50. The zero-order valence-electron chi connectivity index (χ0n) is 18.4. The van der Waals surface area contributed by atoms with Crippen LogP contribution in [0.25, 0.3) is 0 Å². The van der Waals surface area contributed by atoms with Gasteiger partial charge in [0.2, 0.25) is 11.8 Å². The largest absolute Gasteiger partial charge is 0.496 e. The van der Waals surface area contributed by atoms with Crippen molar-refractivity contribution in [3.63, 3.8) is 0 Å². The number of nitrogens with one attached hydrogen (secondary N) is 3. The monoisotopic (exact) mass is 465 g/mol. The molecule has 0 saturated carbocycles. The van der Waals surface area contributed by atoms with Gasteiger partial charge in [0, 0.05) is 18.7 Å². The SMILES string of the molecule is COc1ccccc1CNC(=O)[C@H](NC(=O)[C@@H]1Cc2ccccc2CN1)c1ccccc1.Cl. The number of fused-ring (bicyclic) bond motifs is 1. The molecule has 7 heteroatoms. The van der Waals surface area contributed by atoms with Crippen LogP contribution in [-0.4, -0.2) is 25.0 Å². The summed E-state index contributed by atoms with van der Waals surface area (Å²) in [6.45, 7) is 0.932. The van der Waals surface area contributed by atoms with Crippen LogP contribution in [0.2, 0.25) is 0 Å². The van der Waals surface area contributed by atoms with E-state index in [1.165, 1.54) is 5.56 Å². The van der Waals surface area contributed by atoms with Crippen molar-refractivity contribution < 1.29 is 14.3 Å². The topological polar surface area (TPSA) is 79.5 Å². The van der Waals surface area contributed by atoms with E-state index < -0.39 is 12.1 Å². The number of carbonyl (C=O) groups excluding carboxylic acids is 2. The number of halogens is 1. The number of benzene rings is 3. The Morgan fingerprint density at radius 1 is 0.970 bits per heavy atom. The van der Waals surface area contributed by atoms with Crippen LogP contribution in [0.3, 0.4) is 0 Å². The Balaban J connectivity index is 0.00000306. The maximum absolute atomic E-state index is 13.1. The molecule has 4 rings (SSSR count). The molecule has 0 saturated heterocycles. The number of para-hydroxylation sites is 1. The Bertz CT molecular complexity index is 1090. The van der Waals surface area contributed by atoms with Gasteiger partial charge in [-0.25, -0.2) is 0 Å². The molecule has 0 unspecified atom stereocenters. The molecule has 172 valence electrons. The molecule has 0 radical (unpaired) electrons. The van der Waals surface area contributed by atoms with E-state index in [4.69, 9.17) is 4.74 Å². The van der Waals surface area contributed by atoms with Gasteiger partial charge in [-0.1, -0.05) is 72.8 Å². The zero-order valence-corrected chi connectivity index (χ0v) is 19.2. The number of amides is 2. The molecule has 0 spiro atoms. The molecule has 1 heterocycles. The second kappa shape index (κ2) is 11.5. The molecule has 0 aliphatic carbocycles. The standard InChI is InChI=1S/C26H27N3O3.ClH/c1-32-23-14-8-7-13-21(23)17-28-26(31)24(18-9-3-2-4-10-18)29-25(30)22-15-19-11-5-6-12-20(19)16-27-22;/h2-14,22,24,27H,15-17H2,1H3,(H,28,31)(H,29,30);1H/t22-,24+;/m0./s1. The quantitative estimate of drug-likeness (QED) is 0.500. The van der Waals surface area contributed by atoms with Crippen LogP contribution in [0.5, 0.6) is 5.75 Å². The third kappa shape index (κ3) is 5.92. The highest BCUT2D eigenvalue weighted by molar-refractivity contribution is 5.91. The van der Waals surface area contributed by atoms with Gasteiger partial charge in [-0.2, -0.15) is 0 Å². The number of hydrogen-bond acceptors (Lipinski definition) is 4. The van der Waals surface area contributed by atoms with E-state index in [0.717, 1.165) is 16.7 Å². The van der Waals surface area contributed by atoms with Gasteiger partial charge in [-0.15, -0.1) is 12.4 Å². The third-order valence-corrected chi connectivity index (χ3v) is 5.73. The van der Waals surface area contributed by atoms with Crippen molar-refractivity contribution >= 4 is 24.2 Å². The van der Waals surface area contributed by atoms with E-state index in [-0.39, 0.29) is 24.2 Å². The average molecular weight is 466 g/mol. The number of rotatable bonds is 7. The second-order valence-electron chi connectivity index (χ2n) is 7.79. The molecule has 3 aromatic carbocycles. The molecule has 6 nitrogen and oxygen atoms in total. The minimum Gasteiger partial charge on any atom is -0.496 e. The van der Waals surface area contributed by atoms with E-state index >= 15 is 0 Å². The minimum absolute atomic E-state index is 0. The predicted molar refractivity (Wildman–Crippen MR) is 130 cm³/mol. The van der Waals surface area contributed by atoms with E-state index in [2.05, 4.69) is 22.0 Å².